The van der Waals surface area contributed by atoms with Gasteiger partial charge in [-0.25, -0.2) is 22.2 Å². The first kappa shape index (κ1) is 22.4. The van der Waals surface area contributed by atoms with Gasteiger partial charge >= 0.3 is 0 Å². The molecular formula is C24H24F2N2O3S2. The molecule has 33 heavy (non-hydrogen) atoms. The zero-order valence-corrected chi connectivity index (χ0v) is 19.4. The van der Waals surface area contributed by atoms with Crippen molar-refractivity contribution in [3.8, 4) is 0 Å². The van der Waals surface area contributed by atoms with Crippen LogP contribution >= 0.6 is 11.3 Å². The van der Waals surface area contributed by atoms with Crippen molar-refractivity contribution in [1.82, 2.24) is 4.98 Å². The van der Waals surface area contributed by atoms with E-state index in [4.69, 9.17) is 0 Å². The minimum atomic E-state index is -3.34. The zero-order valence-electron chi connectivity index (χ0n) is 17.8. The summed E-state index contributed by atoms with van der Waals surface area (Å²) in [7, 11) is -3.34. The Balaban J connectivity index is 1.40. The molecule has 0 aliphatic heterocycles. The molecule has 0 bridgehead atoms. The second-order valence-corrected chi connectivity index (χ2v) is 12.2. The lowest BCUT2D eigenvalue weighted by molar-refractivity contribution is -0.118. The number of benzene rings is 2. The molecule has 3 atom stereocenters. The van der Waals surface area contributed by atoms with Crippen molar-refractivity contribution in [2.75, 3.05) is 5.32 Å². The van der Waals surface area contributed by atoms with Crippen LogP contribution in [0.2, 0.25) is 0 Å². The molecule has 5 nitrogen and oxygen atoms in total. The molecule has 1 N–H and O–H groups in total. The van der Waals surface area contributed by atoms with E-state index < -0.39 is 28.1 Å². The van der Waals surface area contributed by atoms with Gasteiger partial charge in [-0.2, -0.15) is 0 Å². The number of carbonyl (C=O) groups excluding carboxylic acids is 1. The van der Waals surface area contributed by atoms with E-state index in [1.54, 1.807) is 12.1 Å². The number of alkyl halides is 2. The maximum absolute atomic E-state index is 13.8. The second kappa shape index (κ2) is 8.76. The lowest BCUT2D eigenvalue weighted by Gasteiger charge is -2.20. The Morgan fingerprint density at radius 1 is 1.06 bits per heavy atom. The number of para-hydroxylation sites is 1. The molecule has 2 fully saturated rings. The van der Waals surface area contributed by atoms with Gasteiger partial charge in [0.1, 0.15) is 12.3 Å². The van der Waals surface area contributed by atoms with Crippen LogP contribution in [-0.2, 0) is 14.6 Å². The zero-order chi connectivity index (χ0) is 23.2. The third kappa shape index (κ3) is 4.66. The number of anilines is 1. The minimum Gasteiger partial charge on any atom is -0.301 e. The molecule has 2 aliphatic carbocycles. The number of halogens is 2. The lowest BCUT2D eigenvalue weighted by Crippen LogP contribution is -2.23. The van der Waals surface area contributed by atoms with Crippen molar-refractivity contribution in [1.29, 1.82) is 0 Å². The molecule has 1 amide bonds. The summed E-state index contributed by atoms with van der Waals surface area (Å²) < 4.78 is 53.6. The Kier molecular flexibility index (Phi) is 5.95. The number of hydrogen-bond acceptors (Lipinski definition) is 5. The summed E-state index contributed by atoms with van der Waals surface area (Å²) in [5.41, 5.74) is 1.40. The Morgan fingerprint density at radius 3 is 2.36 bits per heavy atom. The smallest absolute Gasteiger partial charge is 0.233 e. The summed E-state index contributed by atoms with van der Waals surface area (Å²) in [5.74, 6) is -1.25. The van der Waals surface area contributed by atoms with Crippen LogP contribution in [-0.4, -0.2) is 36.9 Å². The molecule has 2 aromatic carbocycles. The summed E-state index contributed by atoms with van der Waals surface area (Å²) in [4.78, 5) is 18.0. The van der Waals surface area contributed by atoms with Crippen LogP contribution in [0, 0.1) is 5.92 Å². The second-order valence-electron chi connectivity index (χ2n) is 8.95. The average Bonchev–Trinajstić information content (AvgIpc) is 3.51. The molecular weight excluding hydrogens is 466 g/mol. The van der Waals surface area contributed by atoms with Crippen LogP contribution in [0.15, 0.2) is 53.4 Å². The van der Waals surface area contributed by atoms with Crippen molar-refractivity contribution in [2.45, 2.75) is 60.5 Å². The number of amides is 1. The van der Waals surface area contributed by atoms with Crippen molar-refractivity contribution in [2.24, 2.45) is 5.92 Å². The molecule has 1 heterocycles. The first-order valence-electron chi connectivity index (χ1n) is 11.1. The standard InChI is InChI=1S/C24H24F2N2O3S2/c25-19-12-14(13-20(19)26)11-18(15-5-7-16(8-6-15)33(30,31)17-9-10-17)23(29)28-24-27-21-3-1-2-4-22(21)32-24/h1-8,14,17-20H,9-13H2,(H,27,28,29)/t14?,18-,19?,20?/m1/s1. The summed E-state index contributed by atoms with van der Waals surface area (Å²) >= 11 is 1.36. The highest BCUT2D eigenvalue weighted by atomic mass is 32.2. The van der Waals surface area contributed by atoms with Gasteiger partial charge in [0.2, 0.25) is 5.91 Å². The van der Waals surface area contributed by atoms with Gasteiger partial charge in [-0.1, -0.05) is 35.6 Å². The molecule has 3 aromatic rings. The number of sulfone groups is 1. The maximum atomic E-state index is 13.8. The highest BCUT2D eigenvalue weighted by Crippen LogP contribution is 2.39. The quantitative estimate of drug-likeness (QED) is 0.479. The number of nitrogens with zero attached hydrogens (tertiary/aromatic N) is 1. The van der Waals surface area contributed by atoms with Gasteiger partial charge in [0, 0.05) is 0 Å². The Labute approximate surface area is 195 Å². The predicted molar refractivity (Wildman–Crippen MR) is 125 cm³/mol. The van der Waals surface area contributed by atoms with Crippen LogP contribution < -0.4 is 5.32 Å². The number of nitrogens with one attached hydrogen (secondary N) is 1. The summed E-state index contributed by atoms with van der Waals surface area (Å²) in [6.45, 7) is 0. The highest BCUT2D eigenvalue weighted by molar-refractivity contribution is 7.92. The van der Waals surface area contributed by atoms with Gasteiger partial charge in [-0.15, -0.1) is 0 Å². The van der Waals surface area contributed by atoms with Crippen molar-refractivity contribution in [3.63, 3.8) is 0 Å². The molecule has 5 rings (SSSR count). The third-order valence-electron chi connectivity index (χ3n) is 6.49. The number of aromatic nitrogens is 1. The Bertz CT molecular complexity index is 1230. The third-order valence-corrected chi connectivity index (χ3v) is 9.72. The molecule has 2 saturated carbocycles. The van der Waals surface area contributed by atoms with E-state index in [1.165, 1.54) is 23.5 Å². The fourth-order valence-electron chi connectivity index (χ4n) is 4.53. The molecule has 9 heteroatoms. The largest absolute Gasteiger partial charge is 0.301 e. The fraction of sp³-hybridized carbons (Fsp3) is 0.417. The molecule has 0 saturated heterocycles. The first-order valence-corrected chi connectivity index (χ1v) is 13.5. The monoisotopic (exact) mass is 490 g/mol. The van der Waals surface area contributed by atoms with Gasteiger partial charge in [0.25, 0.3) is 0 Å². The summed E-state index contributed by atoms with van der Waals surface area (Å²) in [5, 5.41) is 3.00. The first-order chi connectivity index (χ1) is 15.8. The van der Waals surface area contributed by atoms with E-state index in [9.17, 15) is 22.0 Å². The Hall–Kier alpha value is -2.39. The summed E-state index contributed by atoms with van der Waals surface area (Å²) in [6.07, 6.45) is -1.21. The molecule has 174 valence electrons. The van der Waals surface area contributed by atoms with Crippen LogP contribution in [0.25, 0.3) is 10.2 Å². The van der Waals surface area contributed by atoms with E-state index >= 15 is 0 Å². The van der Waals surface area contributed by atoms with E-state index in [1.807, 2.05) is 24.3 Å². The SMILES string of the molecule is O=C(Nc1nc2ccccc2s1)[C@H](CC1CC(F)C(F)C1)c1ccc(S(=O)(=O)C2CC2)cc1. The van der Waals surface area contributed by atoms with Crippen LogP contribution in [0.4, 0.5) is 13.9 Å². The van der Waals surface area contributed by atoms with E-state index in [-0.39, 0.29) is 41.2 Å². The molecule has 0 radical (unpaired) electrons. The van der Waals surface area contributed by atoms with Gasteiger partial charge in [-0.3, -0.25) is 4.79 Å². The lowest BCUT2D eigenvalue weighted by atomic mass is 9.87. The molecule has 2 aliphatic rings. The normalized spacial score (nSPS) is 24.1. The average molecular weight is 491 g/mol. The molecule has 1 aromatic heterocycles. The molecule has 0 spiro atoms. The minimum absolute atomic E-state index is 0.0836. The van der Waals surface area contributed by atoms with E-state index in [2.05, 4.69) is 10.3 Å². The van der Waals surface area contributed by atoms with Crippen LogP contribution in [0.5, 0.6) is 0 Å². The number of hydrogen-bond donors (Lipinski definition) is 1. The van der Waals surface area contributed by atoms with Crippen molar-refractivity contribution >= 4 is 42.4 Å². The van der Waals surface area contributed by atoms with Crippen molar-refractivity contribution in [3.05, 3.63) is 54.1 Å². The summed E-state index contributed by atoms with van der Waals surface area (Å²) in [6, 6.07) is 13.9. The Morgan fingerprint density at radius 2 is 1.73 bits per heavy atom. The predicted octanol–water partition coefficient (Wildman–Crippen LogP) is 5.43. The van der Waals surface area contributed by atoms with Crippen LogP contribution in [0.1, 0.15) is 43.6 Å². The fourth-order valence-corrected chi connectivity index (χ4v) is 7.05. The van der Waals surface area contributed by atoms with Gasteiger partial charge in [0.15, 0.2) is 15.0 Å². The van der Waals surface area contributed by atoms with E-state index in [0.717, 1.165) is 10.2 Å². The van der Waals surface area contributed by atoms with Crippen molar-refractivity contribution < 1.29 is 22.0 Å². The number of fused-ring (bicyclic) bond motifs is 1. The van der Waals surface area contributed by atoms with Gasteiger partial charge in [-0.05, 0) is 67.9 Å². The van der Waals surface area contributed by atoms with E-state index in [0.29, 0.717) is 23.5 Å². The van der Waals surface area contributed by atoms with Gasteiger partial charge in [0.05, 0.1) is 26.3 Å². The number of carbonyl (C=O) groups is 1. The topological polar surface area (TPSA) is 76.1 Å². The van der Waals surface area contributed by atoms with Gasteiger partial charge < -0.3 is 5.32 Å². The number of rotatable bonds is 7. The maximum Gasteiger partial charge on any atom is 0.233 e. The highest BCUT2D eigenvalue weighted by Gasteiger charge is 2.38. The number of thiazole rings is 1. The van der Waals surface area contributed by atoms with Crippen LogP contribution in [0.3, 0.4) is 0 Å². The molecule has 2 unspecified atom stereocenters.